The molecule has 2 aromatic rings. The van der Waals surface area contributed by atoms with Crippen LogP contribution in [-0.4, -0.2) is 12.5 Å². The van der Waals surface area contributed by atoms with Gasteiger partial charge >= 0.3 is 0 Å². The molecule has 128 valence electrons. The molecule has 0 heterocycles. The quantitative estimate of drug-likeness (QED) is 0.572. The molecule has 0 spiro atoms. The Morgan fingerprint density at radius 1 is 1.17 bits per heavy atom. The number of carbonyl (C=O) groups is 1. The molecule has 0 aliphatic carbocycles. The molecular formula is C18H18BrCl2NO2. The zero-order valence-electron chi connectivity index (χ0n) is 13.4. The Labute approximate surface area is 160 Å². The summed E-state index contributed by atoms with van der Waals surface area (Å²) in [5, 5.41) is 3.64. The number of ether oxygens (including phenoxy) is 1. The Morgan fingerprint density at radius 3 is 2.58 bits per heavy atom. The normalized spacial score (nSPS) is 10.8. The van der Waals surface area contributed by atoms with Crippen LogP contribution in [0.1, 0.15) is 30.6 Å². The second-order valence-electron chi connectivity index (χ2n) is 5.75. The highest BCUT2D eigenvalue weighted by Crippen LogP contribution is 2.27. The van der Waals surface area contributed by atoms with Crippen LogP contribution in [0.3, 0.4) is 0 Å². The van der Waals surface area contributed by atoms with Gasteiger partial charge in [-0.05, 0) is 48.7 Å². The maximum Gasteiger partial charge on any atom is 0.259 e. The summed E-state index contributed by atoms with van der Waals surface area (Å²) in [7, 11) is 0. The smallest absolute Gasteiger partial charge is 0.259 e. The number of nitrogens with one attached hydrogen (secondary N) is 1. The van der Waals surface area contributed by atoms with Gasteiger partial charge in [0.05, 0.1) is 22.2 Å². The molecule has 0 saturated carbocycles. The summed E-state index contributed by atoms with van der Waals surface area (Å²) < 4.78 is 6.58. The number of rotatable bonds is 6. The van der Waals surface area contributed by atoms with E-state index in [-0.39, 0.29) is 5.91 Å². The fourth-order valence-electron chi connectivity index (χ4n) is 1.98. The van der Waals surface area contributed by atoms with E-state index in [4.69, 9.17) is 27.9 Å². The molecule has 24 heavy (non-hydrogen) atoms. The number of hydrogen-bond donors (Lipinski definition) is 1. The molecule has 1 amide bonds. The fraction of sp³-hybridized carbons (Fsp3) is 0.278. The van der Waals surface area contributed by atoms with Crippen molar-refractivity contribution in [2.45, 2.75) is 20.3 Å². The summed E-state index contributed by atoms with van der Waals surface area (Å²) in [6, 6.07) is 10.3. The van der Waals surface area contributed by atoms with Crippen LogP contribution in [0.25, 0.3) is 0 Å². The average molecular weight is 431 g/mol. The highest BCUT2D eigenvalue weighted by molar-refractivity contribution is 9.10. The number of benzene rings is 2. The summed E-state index contributed by atoms with van der Waals surface area (Å²) in [6.07, 6.45) is 0.921. The van der Waals surface area contributed by atoms with Gasteiger partial charge < -0.3 is 10.1 Å². The molecule has 0 unspecified atom stereocenters. The van der Waals surface area contributed by atoms with Crippen LogP contribution in [-0.2, 0) is 0 Å². The Hall–Kier alpha value is -1.23. The van der Waals surface area contributed by atoms with Crippen LogP contribution < -0.4 is 10.1 Å². The van der Waals surface area contributed by atoms with Gasteiger partial charge in [0.1, 0.15) is 5.75 Å². The molecule has 0 fully saturated rings. The molecule has 2 aromatic carbocycles. The Bertz CT molecular complexity index is 735. The highest BCUT2D eigenvalue weighted by Gasteiger charge is 2.14. The lowest BCUT2D eigenvalue weighted by Crippen LogP contribution is -2.14. The first-order valence-corrected chi connectivity index (χ1v) is 9.10. The number of amides is 1. The van der Waals surface area contributed by atoms with Gasteiger partial charge in [-0.2, -0.15) is 0 Å². The largest absolute Gasteiger partial charge is 0.493 e. The van der Waals surface area contributed by atoms with E-state index in [9.17, 15) is 4.79 Å². The van der Waals surface area contributed by atoms with Gasteiger partial charge in [-0.25, -0.2) is 0 Å². The lowest BCUT2D eigenvalue weighted by atomic mass is 10.1. The minimum atomic E-state index is -0.269. The minimum Gasteiger partial charge on any atom is -0.493 e. The maximum absolute atomic E-state index is 12.6. The maximum atomic E-state index is 12.6. The summed E-state index contributed by atoms with van der Waals surface area (Å²) in [6.45, 7) is 4.82. The van der Waals surface area contributed by atoms with Gasteiger partial charge in [0.25, 0.3) is 5.91 Å². The van der Waals surface area contributed by atoms with E-state index in [2.05, 4.69) is 35.1 Å². The summed E-state index contributed by atoms with van der Waals surface area (Å²) in [5.41, 5.74) is 1.03. The van der Waals surface area contributed by atoms with Gasteiger partial charge in [-0.1, -0.05) is 53.0 Å². The fourth-order valence-corrected chi connectivity index (χ4v) is 2.64. The minimum absolute atomic E-state index is 0.269. The Balaban J connectivity index is 2.17. The van der Waals surface area contributed by atoms with E-state index in [1.165, 1.54) is 0 Å². The molecular weight excluding hydrogens is 413 g/mol. The second-order valence-corrected chi connectivity index (χ2v) is 7.48. The predicted molar refractivity (Wildman–Crippen MR) is 104 cm³/mol. The van der Waals surface area contributed by atoms with Crippen LogP contribution in [0.4, 0.5) is 5.69 Å². The number of carbonyl (C=O) groups excluding carboxylic acids is 1. The summed E-state index contributed by atoms with van der Waals surface area (Å²) in [5.74, 6) is 0.819. The first kappa shape index (κ1) is 19.1. The van der Waals surface area contributed by atoms with Crippen molar-refractivity contribution in [2.75, 3.05) is 11.9 Å². The van der Waals surface area contributed by atoms with Crippen molar-refractivity contribution >= 4 is 50.7 Å². The van der Waals surface area contributed by atoms with Crippen molar-refractivity contribution in [3.63, 3.8) is 0 Å². The second kappa shape index (κ2) is 8.75. The molecule has 6 heteroatoms. The lowest BCUT2D eigenvalue weighted by Gasteiger charge is -2.13. The van der Waals surface area contributed by atoms with Gasteiger partial charge in [-0.3, -0.25) is 4.79 Å². The van der Waals surface area contributed by atoms with Crippen LogP contribution >= 0.6 is 39.1 Å². The predicted octanol–water partition coefficient (Wildman–Crippen LogP) is 6.43. The van der Waals surface area contributed by atoms with Crippen molar-refractivity contribution in [2.24, 2.45) is 5.92 Å². The zero-order chi connectivity index (χ0) is 17.7. The third-order valence-electron chi connectivity index (χ3n) is 3.32. The number of hydrogen-bond acceptors (Lipinski definition) is 2. The van der Waals surface area contributed by atoms with Crippen molar-refractivity contribution in [1.82, 2.24) is 0 Å². The van der Waals surface area contributed by atoms with Crippen LogP contribution in [0, 0.1) is 5.92 Å². The zero-order valence-corrected chi connectivity index (χ0v) is 16.5. The molecule has 0 saturated heterocycles. The van der Waals surface area contributed by atoms with Crippen LogP contribution in [0.5, 0.6) is 5.75 Å². The molecule has 1 N–H and O–H groups in total. The van der Waals surface area contributed by atoms with Crippen molar-refractivity contribution in [3.8, 4) is 5.75 Å². The topological polar surface area (TPSA) is 38.3 Å². The van der Waals surface area contributed by atoms with E-state index in [0.29, 0.717) is 39.6 Å². The summed E-state index contributed by atoms with van der Waals surface area (Å²) >= 11 is 15.3. The third kappa shape index (κ3) is 5.40. The molecule has 0 radical (unpaired) electrons. The van der Waals surface area contributed by atoms with Crippen LogP contribution in [0.15, 0.2) is 40.9 Å². The van der Waals surface area contributed by atoms with Crippen molar-refractivity contribution in [1.29, 1.82) is 0 Å². The first-order chi connectivity index (χ1) is 11.4. The number of halogens is 3. The van der Waals surface area contributed by atoms with E-state index in [1.807, 2.05) is 6.07 Å². The van der Waals surface area contributed by atoms with E-state index >= 15 is 0 Å². The van der Waals surface area contributed by atoms with Gasteiger partial charge in [0.2, 0.25) is 0 Å². The molecule has 0 atom stereocenters. The van der Waals surface area contributed by atoms with E-state index in [1.54, 1.807) is 30.3 Å². The highest BCUT2D eigenvalue weighted by atomic mass is 79.9. The van der Waals surface area contributed by atoms with Gasteiger partial charge in [0, 0.05) is 10.2 Å². The van der Waals surface area contributed by atoms with Crippen LogP contribution in [0.2, 0.25) is 10.0 Å². The van der Waals surface area contributed by atoms with Crippen molar-refractivity contribution < 1.29 is 9.53 Å². The molecule has 0 bridgehead atoms. The average Bonchev–Trinajstić information content (AvgIpc) is 2.52. The lowest BCUT2D eigenvalue weighted by molar-refractivity contribution is 0.102. The van der Waals surface area contributed by atoms with Crippen molar-refractivity contribution in [3.05, 3.63) is 56.5 Å². The SMILES string of the molecule is CC(C)CCOc1ccc(Br)cc1C(=O)Nc1ccc(Cl)c(Cl)c1. The Kier molecular flexibility index (Phi) is 6.96. The van der Waals surface area contributed by atoms with E-state index < -0.39 is 0 Å². The molecule has 2 rings (SSSR count). The number of anilines is 1. The standard InChI is InChI=1S/C18H18BrCl2NO2/c1-11(2)7-8-24-17-6-3-12(19)9-14(17)18(23)22-13-4-5-15(20)16(21)10-13/h3-6,9-11H,7-8H2,1-2H3,(H,22,23). The molecule has 0 aliphatic rings. The van der Waals surface area contributed by atoms with E-state index in [0.717, 1.165) is 10.9 Å². The monoisotopic (exact) mass is 429 g/mol. The van der Waals surface area contributed by atoms with Gasteiger partial charge in [0.15, 0.2) is 0 Å². The van der Waals surface area contributed by atoms with Gasteiger partial charge in [-0.15, -0.1) is 0 Å². The first-order valence-electron chi connectivity index (χ1n) is 7.55. The molecule has 0 aliphatic heterocycles. The third-order valence-corrected chi connectivity index (χ3v) is 4.55. The summed E-state index contributed by atoms with van der Waals surface area (Å²) in [4.78, 5) is 12.6. The molecule has 3 nitrogen and oxygen atoms in total. The Morgan fingerprint density at radius 2 is 1.92 bits per heavy atom. The molecule has 0 aromatic heterocycles.